The Labute approximate surface area is 90.6 Å². The van der Waals surface area contributed by atoms with Crippen LogP contribution in [0, 0.1) is 0 Å². The van der Waals surface area contributed by atoms with Gasteiger partial charge in [0.15, 0.2) is 0 Å². The average Bonchev–Trinajstić information content (AvgIpc) is 2.84. The van der Waals surface area contributed by atoms with Crippen LogP contribution in [0.1, 0.15) is 19.8 Å². The minimum atomic E-state index is 0.419. The van der Waals surface area contributed by atoms with E-state index in [9.17, 15) is 0 Å². The van der Waals surface area contributed by atoms with Gasteiger partial charge in [0.2, 0.25) is 0 Å². The average molecular weight is 209 g/mol. The van der Waals surface area contributed by atoms with Crippen molar-refractivity contribution in [3.63, 3.8) is 0 Å². The van der Waals surface area contributed by atoms with E-state index in [1.807, 2.05) is 18.7 Å². The molecule has 2 atom stereocenters. The summed E-state index contributed by atoms with van der Waals surface area (Å²) in [5, 5.41) is 3.41. The van der Waals surface area contributed by atoms with E-state index in [4.69, 9.17) is 4.74 Å². The van der Waals surface area contributed by atoms with E-state index in [2.05, 4.69) is 21.8 Å². The van der Waals surface area contributed by atoms with Crippen molar-refractivity contribution in [3.05, 3.63) is 18.7 Å². The van der Waals surface area contributed by atoms with Gasteiger partial charge in [0.25, 0.3) is 0 Å². The zero-order chi connectivity index (χ0) is 10.5. The summed E-state index contributed by atoms with van der Waals surface area (Å²) in [6.45, 7) is 5.07. The largest absolute Gasteiger partial charge is 0.374 e. The van der Waals surface area contributed by atoms with Gasteiger partial charge < -0.3 is 14.6 Å². The monoisotopic (exact) mass is 209 g/mol. The van der Waals surface area contributed by atoms with Gasteiger partial charge in [0, 0.05) is 32.0 Å². The Morgan fingerprint density at radius 1 is 1.53 bits per heavy atom. The highest BCUT2D eigenvalue weighted by atomic mass is 16.5. The zero-order valence-electron chi connectivity index (χ0n) is 9.22. The Morgan fingerprint density at radius 2 is 2.47 bits per heavy atom. The van der Waals surface area contributed by atoms with Crippen LogP contribution in [0.15, 0.2) is 18.7 Å². The summed E-state index contributed by atoms with van der Waals surface area (Å²) < 4.78 is 7.79. The fraction of sp³-hybridized carbons (Fsp3) is 0.727. The highest BCUT2D eigenvalue weighted by Crippen LogP contribution is 2.17. The lowest BCUT2D eigenvalue weighted by atomic mass is 10.2. The molecule has 1 fully saturated rings. The van der Waals surface area contributed by atoms with Gasteiger partial charge in [0.05, 0.1) is 18.5 Å². The Bertz CT molecular complexity index is 273. The van der Waals surface area contributed by atoms with Crippen molar-refractivity contribution >= 4 is 0 Å². The minimum absolute atomic E-state index is 0.419. The SMILES string of the molecule is CC1CCC(CNCCn2ccnc2)O1. The van der Waals surface area contributed by atoms with Crippen molar-refractivity contribution in [1.29, 1.82) is 0 Å². The molecule has 4 nitrogen and oxygen atoms in total. The fourth-order valence-corrected chi connectivity index (χ4v) is 1.93. The van der Waals surface area contributed by atoms with Crippen LogP contribution in [0.4, 0.5) is 0 Å². The number of hydrogen-bond acceptors (Lipinski definition) is 3. The van der Waals surface area contributed by atoms with Crippen molar-refractivity contribution in [3.8, 4) is 0 Å². The van der Waals surface area contributed by atoms with Gasteiger partial charge in [-0.05, 0) is 19.8 Å². The summed E-state index contributed by atoms with van der Waals surface area (Å²) in [7, 11) is 0. The highest BCUT2D eigenvalue weighted by Gasteiger charge is 2.20. The molecule has 0 amide bonds. The minimum Gasteiger partial charge on any atom is -0.374 e. The van der Waals surface area contributed by atoms with Crippen molar-refractivity contribution in [2.24, 2.45) is 0 Å². The first-order chi connectivity index (χ1) is 7.34. The van der Waals surface area contributed by atoms with Crippen LogP contribution in [0.5, 0.6) is 0 Å². The summed E-state index contributed by atoms with van der Waals surface area (Å²) in [4.78, 5) is 4.00. The summed E-state index contributed by atoms with van der Waals surface area (Å²) in [6, 6.07) is 0. The predicted molar refractivity (Wildman–Crippen MR) is 58.7 cm³/mol. The first-order valence-electron chi connectivity index (χ1n) is 5.66. The van der Waals surface area contributed by atoms with Crippen molar-refractivity contribution < 1.29 is 4.74 Å². The van der Waals surface area contributed by atoms with E-state index in [0.29, 0.717) is 12.2 Å². The maximum absolute atomic E-state index is 5.72. The molecular weight excluding hydrogens is 190 g/mol. The van der Waals surface area contributed by atoms with Crippen LogP contribution in [0.2, 0.25) is 0 Å². The lowest BCUT2D eigenvalue weighted by molar-refractivity contribution is 0.0560. The molecular formula is C11H19N3O. The van der Waals surface area contributed by atoms with Crippen LogP contribution < -0.4 is 5.32 Å². The zero-order valence-corrected chi connectivity index (χ0v) is 9.22. The van der Waals surface area contributed by atoms with Gasteiger partial charge in [-0.25, -0.2) is 4.98 Å². The molecule has 4 heteroatoms. The van der Waals surface area contributed by atoms with E-state index < -0.39 is 0 Å². The molecule has 0 aromatic carbocycles. The molecule has 2 heterocycles. The third kappa shape index (κ3) is 3.32. The second-order valence-electron chi connectivity index (χ2n) is 4.15. The molecule has 2 rings (SSSR count). The summed E-state index contributed by atoms with van der Waals surface area (Å²) in [5.41, 5.74) is 0. The molecule has 0 spiro atoms. The maximum atomic E-state index is 5.72. The summed E-state index contributed by atoms with van der Waals surface area (Å²) in [5.74, 6) is 0. The lowest BCUT2D eigenvalue weighted by Gasteiger charge is -2.12. The molecule has 84 valence electrons. The number of imidazole rings is 1. The fourth-order valence-electron chi connectivity index (χ4n) is 1.93. The van der Waals surface area contributed by atoms with E-state index in [0.717, 1.165) is 19.6 Å². The van der Waals surface area contributed by atoms with Crippen LogP contribution >= 0.6 is 0 Å². The molecule has 0 aliphatic carbocycles. The molecule has 0 radical (unpaired) electrons. The topological polar surface area (TPSA) is 39.1 Å². The molecule has 1 aliphatic heterocycles. The molecule has 1 saturated heterocycles. The molecule has 0 bridgehead atoms. The van der Waals surface area contributed by atoms with E-state index in [1.54, 1.807) is 0 Å². The normalized spacial score (nSPS) is 25.9. The number of aromatic nitrogens is 2. The molecule has 0 saturated carbocycles. The summed E-state index contributed by atoms with van der Waals surface area (Å²) >= 11 is 0. The lowest BCUT2D eigenvalue weighted by Crippen LogP contribution is -2.29. The van der Waals surface area contributed by atoms with Crippen LogP contribution in [-0.2, 0) is 11.3 Å². The standard InChI is InChI=1S/C11H19N3O/c1-10-2-3-11(15-10)8-12-4-6-14-7-5-13-9-14/h5,7,9-12H,2-4,6,8H2,1H3. The van der Waals surface area contributed by atoms with Gasteiger partial charge in [-0.15, -0.1) is 0 Å². The first-order valence-corrected chi connectivity index (χ1v) is 5.66. The number of ether oxygens (including phenoxy) is 1. The second-order valence-corrected chi connectivity index (χ2v) is 4.15. The molecule has 15 heavy (non-hydrogen) atoms. The molecule has 1 aliphatic rings. The van der Waals surface area contributed by atoms with E-state index >= 15 is 0 Å². The summed E-state index contributed by atoms with van der Waals surface area (Å²) in [6.07, 6.45) is 8.90. The van der Waals surface area contributed by atoms with Crippen molar-refractivity contribution in [2.45, 2.75) is 38.5 Å². The van der Waals surface area contributed by atoms with Gasteiger partial charge in [-0.3, -0.25) is 0 Å². The van der Waals surface area contributed by atoms with Gasteiger partial charge >= 0.3 is 0 Å². The smallest absolute Gasteiger partial charge is 0.0946 e. The Kier molecular flexibility index (Phi) is 3.75. The van der Waals surface area contributed by atoms with E-state index in [1.165, 1.54) is 12.8 Å². The molecule has 1 N–H and O–H groups in total. The third-order valence-corrected chi connectivity index (χ3v) is 2.80. The van der Waals surface area contributed by atoms with Crippen LogP contribution in [0.25, 0.3) is 0 Å². The van der Waals surface area contributed by atoms with Crippen LogP contribution in [0.3, 0.4) is 0 Å². The number of hydrogen-bond donors (Lipinski definition) is 1. The number of rotatable bonds is 5. The van der Waals surface area contributed by atoms with Gasteiger partial charge in [0.1, 0.15) is 0 Å². The van der Waals surface area contributed by atoms with Gasteiger partial charge in [-0.2, -0.15) is 0 Å². The number of nitrogens with zero attached hydrogens (tertiary/aromatic N) is 2. The van der Waals surface area contributed by atoms with Crippen molar-refractivity contribution in [2.75, 3.05) is 13.1 Å². The third-order valence-electron chi connectivity index (χ3n) is 2.80. The predicted octanol–water partition coefficient (Wildman–Crippen LogP) is 1.04. The van der Waals surface area contributed by atoms with Crippen LogP contribution in [-0.4, -0.2) is 34.8 Å². The maximum Gasteiger partial charge on any atom is 0.0946 e. The quantitative estimate of drug-likeness (QED) is 0.736. The van der Waals surface area contributed by atoms with E-state index in [-0.39, 0.29) is 0 Å². The Hall–Kier alpha value is -0.870. The molecule has 1 aromatic rings. The molecule has 1 aromatic heterocycles. The van der Waals surface area contributed by atoms with Crippen molar-refractivity contribution in [1.82, 2.24) is 14.9 Å². The van der Waals surface area contributed by atoms with Gasteiger partial charge in [-0.1, -0.05) is 0 Å². The first kappa shape index (κ1) is 10.6. The molecule has 2 unspecified atom stereocenters. The highest BCUT2D eigenvalue weighted by molar-refractivity contribution is 4.75. The second kappa shape index (κ2) is 5.28. The number of nitrogens with one attached hydrogen (secondary N) is 1. The Morgan fingerprint density at radius 3 is 3.13 bits per heavy atom. The Balaban J connectivity index is 1.55.